The molecule has 1 aliphatic rings. The van der Waals surface area contributed by atoms with E-state index in [4.69, 9.17) is 5.73 Å². The van der Waals surface area contributed by atoms with Crippen LogP contribution in [0, 0.1) is 0 Å². The van der Waals surface area contributed by atoms with Gasteiger partial charge in [-0.2, -0.15) is 0 Å². The molecule has 1 aromatic rings. The third-order valence-corrected chi connectivity index (χ3v) is 2.66. The van der Waals surface area contributed by atoms with Crippen molar-refractivity contribution in [3.05, 3.63) is 35.4 Å². The summed E-state index contributed by atoms with van der Waals surface area (Å²) in [6.07, 6.45) is 1.04. The minimum atomic E-state index is 0.674. The van der Waals surface area contributed by atoms with Crippen LogP contribution in [0.25, 0.3) is 0 Å². The van der Waals surface area contributed by atoms with Gasteiger partial charge in [0.05, 0.1) is 0 Å². The Morgan fingerprint density at radius 1 is 1.33 bits per heavy atom. The van der Waals surface area contributed by atoms with Gasteiger partial charge in [0.1, 0.15) is 0 Å². The average Bonchev–Trinajstić information content (AvgIpc) is 2.69. The topological polar surface area (TPSA) is 41.6 Å². The number of guanidine groups is 1. The number of aliphatic imine (C=N–C) groups is 1. The quantitative estimate of drug-likeness (QED) is 0.587. The van der Waals surface area contributed by atoms with E-state index in [0.717, 1.165) is 26.1 Å². The maximum Gasteiger partial charge on any atom is 0.191 e. The van der Waals surface area contributed by atoms with Crippen molar-refractivity contribution in [2.75, 3.05) is 6.54 Å². The second-order valence-electron chi connectivity index (χ2n) is 3.86. The maximum atomic E-state index is 5.92. The second kappa shape index (κ2) is 4.34. The molecule has 2 N–H and O–H groups in total. The third-order valence-electron chi connectivity index (χ3n) is 2.66. The van der Waals surface area contributed by atoms with E-state index in [0.29, 0.717) is 5.96 Å². The van der Waals surface area contributed by atoms with Gasteiger partial charge < -0.3 is 10.6 Å². The van der Waals surface area contributed by atoms with Crippen molar-refractivity contribution in [1.29, 1.82) is 0 Å². The van der Waals surface area contributed by atoms with Crippen molar-refractivity contribution >= 4 is 5.96 Å². The van der Waals surface area contributed by atoms with Gasteiger partial charge in [-0.3, -0.25) is 4.99 Å². The normalized spacial score (nSPS) is 15.5. The highest BCUT2D eigenvalue weighted by Gasteiger charge is 2.19. The van der Waals surface area contributed by atoms with E-state index >= 15 is 0 Å². The SMILES string of the molecule is CCCN=C(N)N1Cc2ccccc2C1. The Bertz CT molecular complexity index is 346. The molecule has 15 heavy (non-hydrogen) atoms. The Hall–Kier alpha value is -1.51. The first-order valence-electron chi connectivity index (χ1n) is 5.43. The standard InChI is InChI=1S/C12H17N3/c1-2-7-14-12(13)15-8-10-5-3-4-6-11(10)9-15/h3-6H,2,7-9H2,1H3,(H2,13,14). The molecule has 80 valence electrons. The summed E-state index contributed by atoms with van der Waals surface area (Å²) < 4.78 is 0. The van der Waals surface area contributed by atoms with Gasteiger partial charge >= 0.3 is 0 Å². The lowest BCUT2D eigenvalue weighted by atomic mass is 10.1. The number of rotatable bonds is 2. The van der Waals surface area contributed by atoms with E-state index in [1.165, 1.54) is 11.1 Å². The lowest BCUT2D eigenvalue weighted by Crippen LogP contribution is -2.33. The van der Waals surface area contributed by atoms with E-state index in [2.05, 4.69) is 41.1 Å². The van der Waals surface area contributed by atoms with Gasteiger partial charge in [-0.25, -0.2) is 0 Å². The molecule has 0 saturated carbocycles. The van der Waals surface area contributed by atoms with Gasteiger partial charge in [0, 0.05) is 19.6 Å². The maximum absolute atomic E-state index is 5.92. The largest absolute Gasteiger partial charge is 0.370 e. The van der Waals surface area contributed by atoms with Crippen LogP contribution in [0.1, 0.15) is 24.5 Å². The molecular formula is C12H17N3. The zero-order valence-electron chi connectivity index (χ0n) is 9.11. The molecule has 2 rings (SSSR count). The summed E-state index contributed by atoms with van der Waals surface area (Å²) in [6, 6.07) is 8.45. The monoisotopic (exact) mass is 203 g/mol. The van der Waals surface area contributed by atoms with E-state index in [1.54, 1.807) is 0 Å². The van der Waals surface area contributed by atoms with Crippen molar-refractivity contribution in [1.82, 2.24) is 4.90 Å². The van der Waals surface area contributed by atoms with Crippen LogP contribution in [-0.4, -0.2) is 17.4 Å². The Morgan fingerprint density at radius 3 is 2.47 bits per heavy atom. The van der Waals surface area contributed by atoms with Crippen LogP contribution in [0.3, 0.4) is 0 Å². The van der Waals surface area contributed by atoms with Gasteiger partial charge in [0.25, 0.3) is 0 Å². The Balaban J connectivity index is 2.07. The van der Waals surface area contributed by atoms with Crippen molar-refractivity contribution < 1.29 is 0 Å². The predicted octanol–water partition coefficient (Wildman–Crippen LogP) is 1.73. The molecule has 1 heterocycles. The second-order valence-corrected chi connectivity index (χ2v) is 3.86. The smallest absolute Gasteiger partial charge is 0.191 e. The molecule has 0 bridgehead atoms. The molecule has 0 amide bonds. The van der Waals surface area contributed by atoms with E-state index in [-0.39, 0.29) is 0 Å². The van der Waals surface area contributed by atoms with Crippen molar-refractivity contribution in [2.24, 2.45) is 10.7 Å². The summed E-state index contributed by atoms with van der Waals surface area (Å²) in [7, 11) is 0. The molecule has 0 saturated heterocycles. The zero-order chi connectivity index (χ0) is 10.7. The third kappa shape index (κ3) is 2.12. The van der Waals surface area contributed by atoms with Gasteiger partial charge in [-0.05, 0) is 17.5 Å². The van der Waals surface area contributed by atoms with Crippen LogP contribution < -0.4 is 5.73 Å². The average molecular weight is 203 g/mol. The van der Waals surface area contributed by atoms with Crippen LogP contribution in [-0.2, 0) is 13.1 Å². The predicted molar refractivity (Wildman–Crippen MR) is 62.5 cm³/mol. The van der Waals surface area contributed by atoms with Crippen LogP contribution in [0.5, 0.6) is 0 Å². The molecule has 0 unspecified atom stereocenters. The molecule has 1 aliphatic heterocycles. The fourth-order valence-electron chi connectivity index (χ4n) is 1.82. The van der Waals surface area contributed by atoms with Crippen LogP contribution in [0.15, 0.2) is 29.3 Å². The fraction of sp³-hybridized carbons (Fsp3) is 0.417. The van der Waals surface area contributed by atoms with Crippen LogP contribution >= 0.6 is 0 Å². The summed E-state index contributed by atoms with van der Waals surface area (Å²) in [4.78, 5) is 6.45. The van der Waals surface area contributed by atoms with Crippen molar-refractivity contribution in [2.45, 2.75) is 26.4 Å². The molecule has 0 aromatic heterocycles. The highest BCUT2D eigenvalue weighted by atomic mass is 15.3. The molecule has 1 aromatic carbocycles. The lowest BCUT2D eigenvalue weighted by Gasteiger charge is -2.15. The molecule has 0 spiro atoms. The minimum Gasteiger partial charge on any atom is -0.370 e. The molecule has 3 heteroatoms. The minimum absolute atomic E-state index is 0.674. The van der Waals surface area contributed by atoms with Gasteiger partial charge in [-0.15, -0.1) is 0 Å². The summed E-state index contributed by atoms with van der Waals surface area (Å²) in [5, 5.41) is 0. The molecular weight excluding hydrogens is 186 g/mol. The molecule has 0 radical (unpaired) electrons. The lowest BCUT2D eigenvalue weighted by molar-refractivity contribution is 0.440. The van der Waals surface area contributed by atoms with E-state index < -0.39 is 0 Å². The molecule has 0 aliphatic carbocycles. The number of fused-ring (bicyclic) bond motifs is 1. The Labute approximate surface area is 90.6 Å². The number of hydrogen-bond acceptors (Lipinski definition) is 1. The summed E-state index contributed by atoms with van der Waals surface area (Å²) in [5.41, 5.74) is 8.66. The summed E-state index contributed by atoms with van der Waals surface area (Å²) in [6.45, 7) is 4.72. The fourth-order valence-corrected chi connectivity index (χ4v) is 1.82. The number of nitrogens with two attached hydrogens (primary N) is 1. The number of hydrogen-bond donors (Lipinski definition) is 1. The Kier molecular flexibility index (Phi) is 2.90. The van der Waals surface area contributed by atoms with Gasteiger partial charge in [0.15, 0.2) is 5.96 Å². The van der Waals surface area contributed by atoms with E-state index in [1.807, 2.05) is 0 Å². The first-order valence-corrected chi connectivity index (χ1v) is 5.43. The highest BCUT2D eigenvalue weighted by molar-refractivity contribution is 5.78. The first kappa shape index (κ1) is 10.0. The number of benzene rings is 1. The van der Waals surface area contributed by atoms with Crippen molar-refractivity contribution in [3.63, 3.8) is 0 Å². The Morgan fingerprint density at radius 2 is 1.93 bits per heavy atom. The van der Waals surface area contributed by atoms with Gasteiger partial charge in [-0.1, -0.05) is 31.2 Å². The highest BCUT2D eigenvalue weighted by Crippen LogP contribution is 2.21. The molecule has 3 nitrogen and oxygen atoms in total. The molecule has 0 fully saturated rings. The van der Waals surface area contributed by atoms with E-state index in [9.17, 15) is 0 Å². The summed E-state index contributed by atoms with van der Waals surface area (Å²) >= 11 is 0. The molecule has 0 atom stereocenters. The summed E-state index contributed by atoms with van der Waals surface area (Å²) in [5.74, 6) is 0.674. The van der Waals surface area contributed by atoms with Crippen LogP contribution in [0.2, 0.25) is 0 Å². The number of nitrogens with zero attached hydrogens (tertiary/aromatic N) is 2. The first-order chi connectivity index (χ1) is 7.31. The zero-order valence-corrected chi connectivity index (χ0v) is 9.11. The van der Waals surface area contributed by atoms with Crippen LogP contribution in [0.4, 0.5) is 0 Å². The van der Waals surface area contributed by atoms with Gasteiger partial charge in [0.2, 0.25) is 0 Å². The van der Waals surface area contributed by atoms with Crippen molar-refractivity contribution in [3.8, 4) is 0 Å².